The largest absolute Gasteiger partial charge is 0.497 e. The highest BCUT2D eigenvalue weighted by Crippen LogP contribution is 2.62. The molecule has 0 aromatic heterocycles. The lowest BCUT2D eigenvalue weighted by Crippen LogP contribution is -2.61. The fraction of sp³-hybridized carbons (Fsp3) is 0.611. The lowest BCUT2D eigenvalue weighted by Gasteiger charge is -2.54. The van der Waals surface area contributed by atoms with Gasteiger partial charge in [-0.25, -0.2) is 4.99 Å². The molecule has 0 bridgehead atoms. The van der Waals surface area contributed by atoms with Crippen LogP contribution >= 0.6 is 24.0 Å². The molecule has 1 aromatic carbocycles. The number of guanidine groups is 1. The number of nitrogens with zero attached hydrogens (tertiary/aromatic N) is 1. The average molecular weight is 443 g/mol. The number of benzene rings is 1. The maximum absolute atomic E-state index is 6.19. The second-order valence-electron chi connectivity index (χ2n) is 7.00. The van der Waals surface area contributed by atoms with E-state index in [-0.39, 0.29) is 29.4 Å². The number of aliphatic imine (C=N–C) groups is 1. The summed E-state index contributed by atoms with van der Waals surface area (Å²) in [6.45, 7) is 0.884. The summed E-state index contributed by atoms with van der Waals surface area (Å²) in [7, 11) is 1.66. The molecular formula is C18H26IN3O2. The average Bonchev–Trinajstić information content (AvgIpc) is 3.22. The molecule has 1 aliphatic heterocycles. The van der Waals surface area contributed by atoms with E-state index in [9.17, 15) is 0 Å². The summed E-state index contributed by atoms with van der Waals surface area (Å²) < 4.78 is 11.2. The molecule has 3 N–H and O–H groups in total. The molecule has 6 heteroatoms. The van der Waals surface area contributed by atoms with Gasteiger partial charge in [0, 0.05) is 23.6 Å². The van der Waals surface area contributed by atoms with Crippen LogP contribution in [0.15, 0.2) is 29.3 Å². The zero-order valence-corrected chi connectivity index (χ0v) is 16.4. The number of methoxy groups -OCH3 is 1. The van der Waals surface area contributed by atoms with Crippen molar-refractivity contribution in [1.29, 1.82) is 0 Å². The SMILES string of the molecule is COc1ccc(NC(N)=NC2C3CCOC3C23CCCC3)cc1.I. The molecule has 0 amide bonds. The summed E-state index contributed by atoms with van der Waals surface area (Å²) >= 11 is 0. The van der Waals surface area contributed by atoms with E-state index in [0.717, 1.165) is 24.5 Å². The van der Waals surface area contributed by atoms with Gasteiger partial charge in [-0.15, -0.1) is 24.0 Å². The first-order valence-corrected chi connectivity index (χ1v) is 8.59. The number of rotatable bonds is 3. The van der Waals surface area contributed by atoms with E-state index in [1.165, 1.54) is 25.7 Å². The van der Waals surface area contributed by atoms with Crippen molar-refractivity contribution in [2.45, 2.75) is 44.2 Å². The fourth-order valence-electron chi connectivity index (χ4n) is 4.84. The van der Waals surface area contributed by atoms with Crippen molar-refractivity contribution in [2.75, 3.05) is 19.0 Å². The van der Waals surface area contributed by atoms with Crippen LogP contribution < -0.4 is 15.8 Å². The third kappa shape index (κ3) is 2.87. The number of fused-ring (bicyclic) bond motifs is 2. The Labute approximate surface area is 160 Å². The number of hydrogen-bond acceptors (Lipinski definition) is 3. The first kappa shape index (κ1) is 17.8. The molecule has 3 aliphatic rings. The third-order valence-electron chi connectivity index (χ3n) is 5.87. The van der Waals surface area contributed by atoms with Crippen molar-refractivity contribution in [3.05, 3.63) is 24.3 Å². The summed E-state index contributed by atoms with van der Waals surface area (Å²) in [5.41, 5.74) is 7.38. The van der Waals surface area contributed by atoms with Gasteiger partial charge in [0.25, 0.3) is 0 Å². The van der Waals surface area contributed by atoms with Crippen molar-refractivity contribution in [1.82, 2.24) is 0 Å². The Morgan fingerprint density at radius 3 is 2.67 bits per heavy atom. The molecule has 132 valence electrons. The molecule has 4 rings (SSSR count). The third-order valence-corrected chi connectivity index (χ3v) is 5.87. The zero-order chi connectivity index (χ0) is 15.9. The molecule has 1 aromatic rings. The molecule has 2 saturated carbocycles. The summed E-state index contributed by atoms with van der Waals surface area (Å²) in [4.78, 5) is 4.87. The van der Waals surface area contributed by atoms with E-state index in [2.05, 4.69) is 5.32 Å². The minimum atomic E-state index is 0. The molecule has 24 heavy (non-hydrogen) atoms. The minimum Gasteiger partial charge on any atom is -0.497 e. The normalized spacial score (nSPS) is 30.4. The molecule has 5 nitrogen and oxygen atoms in total. The quantitative estimate of drug-likeness (QED) is 0.427. The van der Waals surface area contributed by atoms with Gasteiger partial charge in [-0.05, 0) is 43.5 Å². The molecule has 1 spiro atoms. The summed E-state index contributed by atoms with van der Waals surface area (Å²) in [5, 5.41) is 3.21. The van der Waals surface area contributed by atoms with Crippen molar-refractivity contribution < 1.29 is 9.47 Å². The molecule has 0 radical (unpaired) electrons. The van der Waals surface area contributed by atoms with Crippen molar-refractivity contribution >= 4 is 35.6 Å². The highest BCUT2D eigenvalue weighted by molar-refractivity contribution is 14.0. The standard InChI is InChI=1S/C18H25N3O2.HI/c1-22-13-6-4-12(5-7-13)20-17(19)21-15-14-8-11-23-16(14)18(15)9-2-3-10-18;/h4-7,14-16H,2-3,8-11H2,1H3,(H3,19,20,21);1H. The highest BCUT2D eigenvalue weighted by atomic mass is 127. The predicted molar refractivity (Wildman–Crippen MR) is 106 cm³/mol. The van der Waals surface area contributed by atoms with E-state index >= 15 is 0 Å². The van der Waals surface area contributed by atoms with Crippen LogP contribution in [0.1, 0.15) is 32.1 Å². The van der Waals surface area contributed by atoms with E-state index in [1.54, 1.807) is 7.11 Å². The van der Waals surface area contributed by atoms with Crippen LogP contribution in [0.25, 0.3) is 0 Å². The number of anilines is 1. The van der Waals surface area contributed by atoms with Crippen LogP contribution in [0.5, 0.6) is 5.75 Å². The van der Waals surface area contributed by atoms with Gasteiger partial charge >= 0.3 is 0 Å². The van der Waals surface area contributed by atoms with E-state index in [4.69, 9.17) is 20.2 Å². The predicted octanol–water partition coefficient (Wildman–Crippen LogP) is 3.39. The van der Waals surface area contributed by atoms with Crippen LogP contribution in [-0.4, -0.2) is 31.8 Å². The zero-order valence-electron chi connectivity index (χ0n) is 14.0. The smallest absolute Gasteiger partial charge is 0.193 e. The number of hydrogen-bond donors (Lipinski definition) is 2. The molecule has 1 heterocycles. The van der Waals surface area contributed by atoms with Crippen LogP contribution in [0, 0.1) is 11.3 Å². The topological polar surface area (TPSA) is 68.9 Å². The second-order valence-corrected chi connectivity index (χ2v) is 7.00. The maximum atomic E-state index is 6.19. The lowest BCUT2D eigenvalue weighted by atomic mass is 9.54. The van der Waals surface area contributed by atoms with Gasteiger partial charge in [-0.3, -0.25) is 0 Å². The van der Waals surface area contributed by atoms with E-state index < -0.39 is 0 Å². The van der Waals surface area contributed by atoms with Gasteiger partial charge in [0.05, 0.1) is 19.3 Å². The van der Waals surface area contributed by atoms with Gasteiger partial charge in [0.2, 0.25) is 0 Å². The minimum absolute atomic E-state index is 0. The Kier molecular flexibility index (Phi) is 5.24. The first-order valence-electron chi connectivity index (χ1n) is 8.59. The highest BCUT2D eigenvalue weighted by Gasteiger charge is 2.65. The Morgan fingerprint density at radius 1 is 1.29 bits per heavy atom. The molecule has 3 atom stereocenters. The number of nitrogens with two attached hydrogens (primary N) is 1. The van der Waals surface area contributed by atoms with Crippen LogP contribution in [0.2, 0.25) is 0 Å². The summed E-state index contributed by atoms with van der Waals surface area (Å²) in [6.07, 6.45) is 6.61. The molecule has 2 aliphatic carbocycles. The Bertz CT molecular complexity index is 599. The van der Waals surface area contributed by atoms with Gasteiger partial charge in [0.1, 0.15) is 5.75 Å². The van der Waals surface area contributed by atoms with Crippen molar-refractivity contribution in [3.8, 4) is 5.75 Å². The Hall–Kier alpha value is -1.02. The molecular weight excluding hydrogens is 417 g/mol. The Morgan fingerprint density at radius 2 is 2.00 bits per heavy atom. The summed E-state index contributed by atoms with van der Waals surface area (Å²) in [5.74, 6) is 1.90. The van der Waals surface area contributed by atoms with Crippen LogP contribution in [-0.2, 0) is 4.74 Å². The van der Waals surface area contributed by atoms with Crippen LogP contribution in [0.4, 0.5) is 5.69 Å². The van der Waals surface area contributed by atoms with Crippen molar-refractivity contribution in [3.63, 3.8) is 0 Å². The van der Waals surface area contributed by atoms with E-state index in [0.29, 0.717) is 24.0 Å². The maximum Gasteiger partial charge on any atom is 0.193 e. The number of nitrogens with one attached hydrogen (secondary N) is 1. The number of halogens is 1. The molecule has 3 fully saturated rings. The van der Waals surface area contributed by atoms with Gasteiger partial charge in [0.15, 0.2) is 5.96 Å². The summed E-state index contributed by atoms with van der Waals surface area (Å²) in [6, 6.07) is 8.06. The van der Waals surface area contributed by atoms with Crippen LogP contribution in [0.3, 0.4) is 0 Å². The fourth-order valence-corrected chi connectivity index (χ4v) is 4.84. The molecule has 1 saturated heterocycles. The van der Waals surface area contributed by atoms with E-state index in [1.807, 2.05) is 24.3 Å². The number of ether oxygens (including phenoxy) is 2. The molecule has 3 unspecified atom stereocenters. The lowest BCUT2D eigenvalue weighted by molar-refractivity contribution is -0.117. The van der Waals surface area contributed by atoms with Gasteiger partial charge in [-0.1, -0.05) is 12.8 Å². The van der Waals surface area contributed by atoms with Gasteiger partial charge in [-0.2, -0.15) is 0 Å². The second kappa shape index (κ2) is 7.07. The van der Waals surface area contributed by atoms with Crippen molar-refractivity contribution in [2.24, 2.45) is 22.1 Å². The Balaban J connectivity index is 0.00000169. The first-order chi connectivity index (χ1) is 11.2. The monoisotopic (exact) mass is 443 g/mol. The van der Waals surface area contributed by atoms with Gasteiger partial charge < -0.3 is 20.5 Å².